The van der Waals surface area contributed by atoms with E-state index in [2.05, 4.69) is 25.6 Å². The van der Waals surface area contributed by atoms with E-state index in [0.29, 0.717) is 16.8 Å². The third-order valence-electron chi connectivity index (χ3n) is 3.80. The SMILES string of the molecule is C/C(=N/NC(=O)Cn1nnc2ccccc21)c1cc(C)ccc1OC(F)F. The Kier molecular flexibility index (Phi) is 5.39. The summed E-state index contributed by atoms with van der Waals surface area (Å²) in [5, 5.41) is 11.9. The molecule has 0 spiro atoms. The number of alkyl halides is 2. The van der Waals surface area contributed by atoms with Gasteiger partial charge in [-0.3, -0.25) is 4.79 Å². The van der Waals surface area contributed by atoms with Crippen LogP contribution in [-0.4, -0.2) is 33.2 Å². The third-order valence-corrected chi connectivity index (χ3v) is 3.80. The summed E-state index contributed by atoms with van der Waals surface area (Å²) in [6, 6.07) is 12.0. The second kappa shape index (κ2) is 7.90. The molecule has 140 valence electrons. The average molecular weight is 373 g/mol. The van der Waals surface area contributed by atoms with Crippen molar-refractivity contribution < 1.29 is 18.3 Å². The Morgan fingerprint density at radius 2 is 2.07 bits per heavy atom. The van der Waals surface area contributed by atoms with E-state index in [4.69, 9.17) is 0 Å². The van der Waals surface area contributed by atoms with E-state index in [1.807, 2.05) is 19.1 Å². The number of halogens is 2. The predicted molar refractivity (Wildman–Crippen MR) is 95.7 cm³/mol. The standard InChI is InChI=1S/C18H17F2N5O2/c1-11-7-8-16(27-18(19)20)13(9-11)12(2)21-23-17(26)10-25-15-6-4-3-5-14(15)22-24-25/h3-9,18H,10H2,1-2H3,(H,23,26)/b21-12-. The number of ether oxygens (including phenoxy) is 1. The van der Waals surface area contributed by atoms with Gasteiger partial charge in [0.25, 0.3) is 5.91 Å². The summed E-state index contributed by atoms with van der Waals surface area (Å²) in [7, 11) is 0. The van der Waals surface area contributed by atoms with Crippen LogP contribution in [0.2, 0.25) is 0 Å². The molecule has 1 N–H and O–H groups in total. The Morgan fingerprint density at radius 1 is 1.30 bits per heavy atom. The number of amides is 1. The van der Waals surface area contributed by atoms with Crippen molar-refractivity contribution >= 4 is 22.7 Å². The first-order chi connectivity index (χ1) is 12.9. The first-order valence-corrected chi connectivity index (χ1v) is 8.11. The second-order valence-electron chi connectivity index (χ2n) is 5.85. The lowest BCUT2D eigenvalue weighted by molar-refractivity contribution is -0.121. The van der Waals surface area contributed by atoms with Crippen LogP contribution in [0.25, 0.3) is 11.0 Å². The van der Waals surface area contributed by atoms with Gasteiger partial charge in [-0.2, -0.15) is 13.9 Å². The highest BCUT2D eigenvalue weighted by Gasteiger charge is 2.13. The summed E-state index contributed by atoms with van der Waals surface area (Å²) in [5.74, 6) is -0.428. The van der Waals surface area contributed by atoms with Crippen molar-refractivity contribution in [1.29, 1.82) is 0 Å². The Labute approximate surface area is 153 Å². The minimum Gasteiger partial charge on any atom is -0.434 e. The Balaban J connectivity index is 1.73. The lowest BCUT2D eigenvalue weighted by Crippen LogP contribution is -2.25. The third kappa shape index (κ3) is 4.43. The maximum Gasteiger partial charge on any atom is 0.387 e. The molecule has 0 saturated carbocycles. The van der Waals surface area contributed by atoms with Crippen LogP contribution in [-0.2, 0) is 11.3 Å². The molecule has 1 aromatic heterocycles. The number of nitrogens with zero attached hydrogens (tertiary/aromatic N) is 4. The fourth-order valence-corrected chi connectivity index (χ4v) is 2.54. The van der Waals surface area contributed by atoms with Crippen molar-refractivity contribution in [2.75, 3.05) is 0 Å². The number of para-hydroxylation sites is 1. The molecule has 1 amide bonds. The van der Waals surface area contributed by atoms with Gasteiger partial charge in [-0.25, -0.2) is 10.1 Å². The summed E-state index contributed by atoms with van der Waals surface area (Å²) in [4.78, 5) is 12.2. The number of hydrogen-bond donors (Lipinski definition) is 1. The molecule has 3 rings (SSSR count). The van der Waals surface area contributed by atoms with Crippen LogP contribution < -0.4 is 10.2 Å². The number of carbonyl (C=O) groups is 1. The number of fused-ring (bicyclic) bond motifs is 1. The molecule has 0 aliphatic heterocycles. The first-order valence-electron chi connectivity index (χ1n) is 8.11. The zero-order valence-electron chi connectivity index (χ0n) is 14.7. The van der Waals surface area contributed by atoms with Crippen LogP contribution >= 0.6 is 0 Å². The van der Waals surface area contributed by atoms with E-state index in [0.717, 1.165) is 11.1 Å². The summed E-state index contributed by atoms with van der Waals surface area (Å²) in [6.07, 6.45) is 0. The summed E-state index contributed by atoms with van der Waals surface area (Å²) < 4.78 is 31.1. The van der Waals surface area contributed by atoms with Gasteiger partial charge < -0.3 is 4.74 Å². The molecule has 0 atom stereocenters. The number of rotatable bonds is 6. The summed E-state index contributed by atoms with van der Waals surface area (Å²) >= 11 is 0. The molecule has 7 nitrogen and oxygen atoms in total. The van der Waals surface area contributed by atoms with Gasteiger partial charge in [-0.05, 0) is 38.1 Å². The molecular weight excluding hydrogens is 356 g/mol. The summed E-state index contributed by atoms with van der Waals surface area (Å²) in [6.45, 7) is 0.385. The van der Waals surface area contributed by atoms with E-state index in [1.165, 1.54) is 10.7 Å². The molecule has 0 radical (unpaired) electrons. The zero-order valence-corrected chi connectivity index (χ0v) is 14.7. The van der Waals surface area contributed by atoms with Crippen molar-refractivity contribution in [2.24, 2.45) is 5.10 Å². The molecule has 0 bridgehead atoms. The number of aromatic nitrogens is 3. The average Bonchev–Trinajstić information content (AvgIpc) is 3.04. The Hall–Kier alpha value is -3.36. The zero-order chi connectivity index (χ0) is 19.4. The first kappa shape index (κ1) is 18.4. The molecule has 9 heteroatoms. The molecule has 0 aliphatic carbocycles. The number of aryl methyl sites for hydroxylation is 1. The highest BCUT2D eigenvalue weighted by atomic mass is 19.3. The number of nitrogens with one attached hydrogen (secondary N) is 1. The fourth-order valence-electron chi connectivity index (χ4n) is 2.54. The number of benzene rings is 2. The molecular formula is C18H17F2N5O2. The van der Waals surface area contributed by atoms with Crippen molar-refractivity contribution in [3.05, 3.63) is 53.6 Å². The monoisotopic (exact) mass is 373 g/mol. The quantitative estimate of drug-likeness (QED) is 0.532. The van der Waals surface area contributed by atoms with Gasteiger partial charge in [0.1, 0.15) is 17.8 Å². The van der Waals surface area contributed by atoms with Crippen LogP contribution in [0.15, 0.2) is 47.6 Å². The molecule has 0 unspecified atom stereocenters. The van der Waals surface area contributed by atoms with Crippen molar-refractivity contribution in [2.45, 2.75) is 27.0 Å². The topological polar surface area (TPSA) is 81.4 Å². The minimum atomic E-state index is -2.95. The molecule has 2 aromatic carbocycles. The molecule has 3 aromatic rings. The number of hydrazone groups is 1. The van der Waals surface area contributed by atoms with Crippen molar-refractivity contribution in [3.63, 3.8) is 0 Å². The van der Waals surface area contributed by atoms with E-state index in [9.17, 15) is 13.6 Å². The highest BCUT2D eigenvalue weighted by molar-refractivity contribution is 6.01. The molecule has 0 fully saturated rings. The van der Waals surface area contributed by atoms with Gasteiger partial charge in [0.15, 0.2) is 0 Å². The molecule has 1 heterocycles. The number of carbonyl (C=O) groups excluding carboxylic acids is 1. The minimum absolute atomic E-state index is 0.00614. The fraction of sp³-hybridized carbons (Fsp3) is 0.222. The van der Waals surface area contributed by atoms with Crippen LogP contribution in [0.4, 0.5) is 8.78 Å². The molecule has 0 saturated heterocycles. The van der Waals surface area contributed by atoms with Crippen LogP contribution in [0.3, 0.4) is 0 Å². The van der Waals surface area contributed by atoms with Gasteiger partial charge in [-0.15, -0.1) is 5.10 Å². The van der Waals surface area contributed by atoms with Crippen LogP contribution in [0.5, 0.6) is 5.75 Å². The predicted octanol–water partition coefficient (Wildman–Crippen LogP) is 2.88. The molecule has 0 aliphatic rings. The van der Waals surface area contributed by atoms with Gasteiger partial charge in [0, 0.05) is 5.56 Å². The Morgan fingerprint density at radius 3 is 2.85 bits per heavy atom. The van der Waals surface area contributed by atoms with E-state index in [1.54, 1.807) is 31.2 Å². The van der Waals surface area contributed by atoms with Crippen LogP contribution in [0, 0.1) is 6.92 Å². The van der Waals surface area contributed by atoms with Crippen LogP contribution in [0.1, 0.15) is 18.1 Å². The number of hydrogen-bond acceptors (Lipinski definition) is 5. The maximum atomic E-state index is 12.6. The lowest BCUT2D eigenvalue weighted by Gasteiger charge is -2.11. The molecule has 27 heavy (non-hydrogen) atoms. The van der Waals surface area contributed by atoms with Gasteiger partial charge in [-0.1, -0.05) is 29.0 Å². The highest BCUT2D eigenvalue weighted by Crippen LogP contribution is 2.22. The van der Waals surface area contributed by atoms with E-state index < -0.39 is 12.5 Å². The van der Waals surface area contributed by atoms with E-state index in [-0.39, 0.29) is 12.3 Å². The van der Waals surface area contributed by atoms with Crippen molar-refractivity contribution in [3.8, 4) is 5.75 Å². The van der Waals surface area contributed by atoms with Crippen molar-refractivity contribution in [1.82, 2.24) is 20.4 Å². The maximum absolute atomic E-state index is 12.6. The van der Waals surface area contributed by atoms with Gasteiger partial charge in [0.05, 0.1) is 11.2 Å². The van der Waals surface area contributed by atoms with Gasteiger partial charge in [0.2, 0.25) is 0 Å². The second-order valence-corrected chi connectivity index (χ2v) is 5.85. The lowest BCUT2D eigenvalue weighted by atomic mass is 10.1. The van der Waals surface area contributed by atoms with E-state index >= 15 is 0 Å². The smallest absolute Gasteiger partial charge is 0.387 e. The largest absolute Gasteiger partial charge is 0.434 e. The normalized spacial score (nSPS) is 11.8. The van der Waals surface area contributed by atoms with Gasteiger partial charge >= 0.3 is 6.61 Å². The Bertz CT molecular complexity index is 1000. The summed E-state index contributed by atoms with van der Waals surface area (Å²) in [5.41, 5.74) is 5.37.